The van der Waals surface area contributed by atoms with Gasteiger partial charge in [0.2, 0.25) is 0 Å². The summed E-state index contributed by atoms with van der Waals surface area (Å²) >= 11 is 0. The highest BCUT2D eigenvalue weighted by molar-refractivity contribution is 5.97. The average molecular weight is 800 g/mol. The summed E-state index contributed by atoms with van der Waals surface area (Å²) in [5.74, 6) is -1.90. The Labute approximate surface area is 373 Å². The first-order valence-electron chi connectivity index (χ1n) is 26.1. The van der Waals surface area contributed by atoms with Crippen molar-refractivity contribution in [2.45, 2.75) is 93.2 Å². The van der Waals surface area contributed by atoms with Crippen molar-refractivity contribution in [2.75, 3.05) is 0 Å². The molecule has 0 aliphatic rings. The molecule has 302 valence electrons. The number of benzene rings is 6. The fourth-order valence-corrected chi connectivity index (χ4v) is 8.04. The number of phenols is 1. The fraction of sp³-hybridized carbons (Fsp3) is 0.250. The first-order valence-corrected chi connectivity index (χ1v) is 20.1. The number of aryl methyl sites for hydroxylation is 3. The van der Waals surface area contributed by atoms with Gasteiger partial charge in [-0.05, 0) is 154 Å². The van der Waals surface area contributed by atoms with Crippen LogP contribution in [0.4, 0.5) is 0 Å². The summed E-state index contributed by atoms with van der Waals surface area (Å²) in [4.78, 5) is 10.0. The van der Waals surface area contributed by atoms with E-state index in [9.17, 15) is 5.11 Å². The summed E-state index contributed by atoms with van der Waals surface area (Å²) in [7, 11) is 0. The van der Waals surface area contributed by atoms with Crippen LogP contribution in [0.3, 0.4) is 0 Å². The van der Waals surface area contributed by atoms with Crippen LogP contribution in [0.25, 0.3) is 72.7 Å². The van der Waals surface area contributed by atoms with Crippen molar-refractivity contribution in [1.29, 1.82) is 0 Å². The summed E-state index contributed by atoms with van der Waals surface area (Å²) in [6.07, 6.45) is 1.51. The molecule has 8 rings (SSSR count). The lowest BCUT2D eigenvalue weighted by molar-refractivity contribution is 0.472. The second-order valence-electron chi connectivity index (χ2n) is 17.1. The van der Waals surface area contributed by atoms with Crippen LogP contribution in [-0.2, 0) is 5.41 Å². The SMILES string of the molecule is [2H]c1c([2H])c(C([2H])([2H])[2H])c([2H])c([2H])c1-c1ccnc(-c2cc(-c3cccc4c3nc(-c3cc(C)cc(C)c3O)n4-c3ccc(-c4c(C([2H])(C)C)cccc4C([2H])(C)C)cc3C([2H])([2H])[2H])cc(C(C)(C)C)c2)c1. The molecule has 0 saturated heterocycles. The molecule has 0 unspecified atom stereocenters. The number of aromatic hydroxyl groups is 1. The molecule has 0 atom stereocenters. The Hall–Kier alpha value is -6.26. The Balaban J connectivity index is 1.41. The highest BCUT2D eigenvalue weighted by Crippen LogP contribution is 2.43. The van der Waals surface area contributed by atoms with E-state index in [1.54, 1.807) is 63.5 Å². The number of aromatic nitrogens is 3. The van der Waals surface area contributed by atoms with Crippen molar-refractivity contribution in [1.82, 2.24) is 14.5 Å². The van der Waals surface area contributed by atoms with Gasteiger partial charge in [-0.3, -0.25) is 9.55 Å². The van der Waals surface area contributed by atoms with E-state index in [2.05, 4.69) is 26.8 Å². The van der Waals surface area contributed by atoms with Gasteiger partial charge >= 0.3 is 0 Å². The van der Waals surface area contributed by atoms with Crippen molar-refractivity contribution in [3.63, 3.8) is 0 Å². The van der Waals surface area contributed by atoms with Crippen LogP contribution in [0.2, 0.25) is 0 Å². The molecule has 6 aromatic carbocycles. The predicted molar refractivity (Wildman–Crippen MR) is 254 cm³/mol. The summed E-state index contributed by atoms with van der Waals surface area (Å²) in [5.41, 5.74) is 8.33. The molecule has 0 spiro atoms. The fourth-order valence-electron chi connectivity index (χ4n) is 8.04. The lowest BCUT2D eigenvalue weighted by atomic mass is 9.83. The second-order valence-corrected chi connectivity index (χ2v) is 17.1. The molecule has 0 radical (unpaired) electrons. The Morgan fingerprint density at radius 3 is 2.07 bits per heavy atom. The van der Waals surface area contributed by atoms with Crippen LogP contribution in [0, 0.1) is 27.6 Å². The summed E-state index contributed by atoms with van der Waals surface area (Å²) in [6.45, 7) is 11.5. The van der Waals surface area contributed by atoms with E-state index in [1.165, 1.54) is 6.20 Å². The van der Waals surface area contributed by atoms with Crippen molar-refractivity contribution in [2.24, 2.45) is 0 Å². The zero-order valence-corrected chi connectivity index (χ0v) is 35.6. The van der Waals surface area contributed by atoms with Gasteiger partial charge in [0.05, 0.1) is 33.5 Å². The maximum Gasteiger partial charge on any atom is 0.149 e. The zero-order chi connectivity index (χ0) is 52.9. The third kappa shape index (κ3) is 7.56. The van der Waals surface area contributed by atoms with Crippen LogP contribution in [0.1, 0.15) is 116 Å². The van der Waals surface area contributed by atoms with E-state index >= 15 is 0 Å². The van der Waals surface area contributed by atoms with Gasteiger partial charge in [0.25, 0.3) is 0 Å². The smallest absolute Gasteiger partial charge is 0.149 e. The number of para-hydroxylation sites is 1. The second kappa shape index (κ2) is 15.7. The number of imidazole rings is 1. The number of hydrogen-bond donors (Lipinski definition) is 1. The van der Waals surface area contributed by atoms with Crippen molar-refractivity contribution >= 4 is 11.0 Å². The zero-order valence-electron chi connectivity index (χ0n) is 47.6. The van der Waals surface area contributed by atoms with Crippen molar-refractivity contribution in [3.8, 4) is 67.5 Å². The van der Waals surface area contributed by atoms with Crippen LogP contribution < -0.4 is 0 Å². The molecule has 0 aliphatic heterocycles. The molecule has 2 aromatic heterocycles. The van der Waals surface area contributed by atoms with Gasteiger partial charge in [-0.2, -0.15) is 0 Å². The van der Waals surface area contributed by atoms with E-state index in [4.69, 9.17) is 26.4 Å². The van der Waals surface area contributed by atoms with Gasteiger partial charge in [-0.25, -0.2) is 4.98 Å². The maximum absolute atomic E-state index is 11.8. The van der Waals surface area contributed by atoms with E-state index < -0.39 is 60.6 Å². The molecule has 1 N–H and O–H groups in total. The molecule has 4 nitrogen and oxygen atoms in total. The van der Waals surface area contributed by atoms with Gasteiger partial charge in [0.1, 0.15) is 11.6 Å². The lowest BCUT2D eigenvalue weighted by Crippen LogP contribution is -2.11. The molecule has 0 amide bonds. The highest BCUT2D eigenvalue weighted by Gasteiger charge is 2.24. The third-order valence-corrected chi connectivity index (χ3v) is 11.1. The molecule has 0 saturated carbocycles. The number of fused-ring (bicyclic) bond motifs is 1. The van der Waals surface area contributed by atoms with Gasteiger partial charge in [-0.15, -0.1) is 0 Å². The molecule has 0 bridgehead atoms. The minimum atomic E-state index is -2.86. The number of hydrogen-bond acceptors (Lipinski definition) is 3. The minimum absolute atomic E-state index is 0.00101. The predicted octanol–water partition coefficient (Wildman–Crippen LogP) is 15.2. The van der Waals surface area contributed by atoms with E-state index in [-0.39, 0.29) is 16.9 Å². The molecular weight excluding hydrogens is 731 g/mol. The molecule has 4 heteroatoms. The third-order valence-electron chi connectivity index (χ3n) is 11.1. The summed E-state index contributed by atoms with van der Waals surface area (Å²) < 4.78 is 106. The quantitative estimate of drug-likeness (QED) is 0.167. The molecule has 60 heavy (non-hydrogen) atoms. The summed E-state index contributed by atoms with van der Waals surface area (Å²) in [5, 5.41) is 11.8. The first kappa shape index (κ1) is 28.3. The Morgan fingerprint density at radius 2 is 1.38 bits per heavy atom. The molecule has 0 fully saturated rings. The highest BCUT2D eigenvalue weighted by atomic mass is 16.3. The van der Waals surface area contributed by atoms with Crippen molar-refractivity contribution < 1.29 is 21.6 Å². The van der Waals surface area contributed by atoms with Crippen LogP contribution in [0.15, 0.2) is 127 Å². The summed E-state index contributed by atoms with van der Waals surface area (Å²) in [6, 6.07) is 27.1. The average Bonchev–Trinajstić information content (AvgIpc) is 3.67. The normalized spacial score (nSPS) is 15.6. The van der Waals surface area contributed by atoms with Gasteiger partial charge < -0.3 is 5.11 Å². The van der Waals surface area contributed by atoms with Gasteiger partial charge in [0.15, 0.2) is 0 Å². The Bertz CT molecular complexity index is 3420. The molecule has 8 aromatic rings. The van der Waals surface area contributed by atoms with Gasteiger partial charge in [-0.1, -0.05) is 127 Å². The van der Waals surface area contributed by atoms with Crippen molar-refractivity contribution in [3.05, 3.63) is 166 Å². The van der Waals surface area contributed by atoms with Crippen LogP contribution >= 0.6 is 0 Å². The van der Waals surface area contributed by atoms with Crippen LogP contribution in [-0.4, -0.2) is 19.6 Å². The lowest BCUT2D eigenvalue weighted by Gasteiger charge is -2.22. The maximum atomic E-state index is 11.8. The number of nitrogens with zero attached hydrogens (tertiary/aromatic N) is 3. The molecule has 2 heterocycles. The Morgan fingerprint density at radius 1 is 0.667 bits per heavy atom. The number of rotatable bonds is 8. The first-order chi connectivity index (χ1) is 33.3. The van der Waals surface area contributed by atoms with E-state index in [0.29, 0.717) is 78.3 Å². The van der Waals surface area contributed by atoms with Crippen LogP contribution in [0.5, 0.6) is 5.75 Å². The standard InChI is InChI=1S/C56H57N3O/c1-33(2)45-14-12-15-46(34(3)4)52(45)41-22-23-50(37(7)28-41)59-51-17-13-16-47(53(51)58-55(59)48-27-36(6)26-38(8)54(48)60)42-29-43(31-44(30-42)56(9,10)11)49-32-40(24-25-57-49)39-20-18-35(5)19-21-39/h12-34,60H,1-11H3/i5D3,7D3,18D,19D,20D,21D,33D,34D. The number of pyridine rings is 1. The Kier molecular flexibility index (Phi) is 7.41. The molecule has 0 aliphatic carbocycles. The topological polar surface area (TPSA) is 50.9 Å². The molecular formula is C56H57N3O. The number of phenolic OH excluding ortho intramolecular Hbond substituents is 1. The van der Waals surface area contributed by atoms with E-state index in [1.807, 2.05) is 73.7 Å². The largest absolute Gasteiger partial charge is 0.507 e. The minimum Gasteiger partial charge on any atom is -0.507 e. The monoisotopic (exact) mass is 800 g/mol. The van der Waals surface area contributed by atoms with Gasteiger partial charge in [0, 0.05) is 28.3 Å². The van der Waals surface area contributed by atoms with E-state index in [0.717, 1.165) is 16.7 Å².